The number of hydrogen-bond acceptors (Lipinski definition) is 1. The Hall–Kier alpha value is -2.68. The lowest BCUT2D eigenvalue weighted by atomic mass is 9.73. The van der Waals surface area contributed by atoms with Crippen LogP contribution >= 0.6 is 0 Å². The van der Waals surface area contributed by atoms with Crippen LogP contribution in [0.2, 0.25) is 0 Å². The van der Waals surface area contributed by atoms with E-state index < -0.39 is 5.89 Å². The first kappa shape index (κ1) is 17.9. The van der Waals surface area contributed by atoms with Gasteiger partial charge in [0.2, 0.25) is 5.69 Å². The van der Waals surface area contributed by atoms with Crippen molar-refractivity contribution < 1.29 is 14.7 Å². The first-order valence-corrected chi connectivity index (χ1v) is 11.6. The number of aryl methyl sites for hydroxylation is 2. The van der Waals surface area contributed by atoms with Gasteiger partial charge in [-0.3, -0.25) is 0 Å². The minimum atomic E-state index is -0.921. The van der Waals surface area contributed by atoms with Crippen LogP contribution in [0, 0.1) is 24.6 Å². The summed E-state index contributed by atoms with van der Waals surface area (Å²) in [4.78, 5) is 0. The molecule has 0 spiro atoms. The van der Waals surface area contributed by atoms with Crippen LogP contribution in [0.15, 0.2) is 53.1 Å². The average Bonchev–Trinajstić information content (AvgIpc) is 3.37. The highest BCUT2D eigenvalue weighted by atomic mass is 19.1. The molecular formula is C28H29FNO+. The molecule has 31 heavy (non-hydrogen) atoms. The molecule has 2 aliphatic rings. The Morgan fingerprint density at radius 3 is 2.65 bits per heavy atom. The molecule has 0 N–H and O–H groups in total. The van der Waals surface area contributed by atoms with Gasteiger partial charge in [0.1, 0.15) is 24.0 Å². The molecule has 2 heterocycles. The Morgan fingerprint density at radius 1 is 0.968 bits per heavy atom. The Morgan fingerprint density at radius 2 is 1.77 bits per heavy atom. The second kappa shape index (κ2) is 7.19. The molecule has 3 heteroatoms. The molecule has 2 fully saturated rings. The van der Waals surface area contributed by atoms with Crippen LogP contribution in [-0.2, 0) is 7.05 Å². The van der Waals surface area contributed by atoms with Crippen LogP contribution in [0.1, 0.15) is 56.9 Å². The van der Waals surface area contributed by atoms with E-state index in [1.54, 1.807) is 6.07 Å². The highest BCUT2D eigenvalue weighted by Gasteiger charge is 2.36. The summed E-state index contributed by atoms with van der Waals surface area (Å²) in [6, 6.07) is 13.7. The molecule has 2 aliphatic carbocycles. The molecule has 2 aromatic carbocycles. The molecule has 0 radical (unpaired) electrons. The van der Waals surface area contributed by atoms with E-state index in [1.165, 1.54) is 19.3 Å². The van der Waals surface area contributed by atoms with Crippen molar-refractivity contribution in [2.24, 2.45) is 18.9 Å². The summed E-state index contributed by atoms with van der Waals surface area (Å²) in [6.45, 7) is 2.09. The van der Waals surface area contributed by atoms with Gasteiger partial charge in [-0.2, -0.15) is 0 Å². The summed E-state index contributed by atoms with van der Waals surface area (Å²) >= 11 is 0. The maximum atomic E-state index is 15.4. The highest BCUT2D eigenvalue weighted by Crippen LogP contribution is 2.50. The number of aromatic nitrogens is 1. The van der Waals surface area contributed by atoms with Crippen molar-refractivity contribution in [2.75, 3.05) is 0 Å². The van der Waals surface area contributed by atoms with Gasteiger partial charge in [-0.05, 0) is 67.7 Å². The molecule has 158 valence electrons. The fraction of sp³-hybridized carbons (Fsp3) is 0.393. The zero-order valence-electron chi connectivity index (χ0n) is 19.2. The maximum Gasteiger partial charge on any atom is 0.216 e. The van der Waals surface area contributed by atoms with E-state index in [0.717, 1.165) is 51.9 Å². The molecule has 0 aliphatic heterocycles. The van der Waals surface area contributed by atoms with Crippen molar-refractivity contribution in [1.29, 1.82) is 0 Å². The van der Waals surface area contributed by atoms with Gasteiger partial charge in [-0.1, -0.05) is 31.4 Å². The SMILES string of the molecule is [2H]C1(c2c(F)ccc3c2oc2c(-c4cccc[n+]4C)c(C)ccc23)CCC2CCCC2C1. The highest BCUT2D eigenvalue weighted by molar-refractivity contribution is 6.10. The third-order valence-corrected chi connectivity index (χ3v) is 7.77. The lowest BCUT2D eigenvalue weighted by Gasteiger charge is -2.32. The number of furan rings is 1. The fourth-order valence-electron chi connectivity index (χ4n) is 6.18. The van der Waals surface area contributed by atoms with Crippen LogP contribution in [0.5, 0.6) is 0 Å². The van der Waals surface area contributed by atoms with E-state index >= 15 is 4.39 Å². The Bertz CT molecular complexity index is 1360. The number of rotatable bonds is 2. The fourth-order valence-corrected chi connectivity index (χ4v) is 6.18. The van der Waals surface area contributed by atoms with Crippen molar-refractivity contribution in [2.45, 2.75) is 51.3 Å². The predicted molar refractivity (Wildman–Crippen MR) is 122 cm³/mol. The van der Waals surface area contributed by atoms with Gasteiger partial charge in [0.25, 0.3) is 0 Å². The van der Waals surface area contributed by atoms with Crippen LogP contribution in [-0.4, -0.2) is 0 Å². The molecule has 6 rings (SSSR count). The summed E-state index contributed by atoms with van der Waals surface area (Å²) in [5.74, 6) is 0.0435. The normalized spacial score (nSPS) is 26.4. The monoisotopic (exact) mass is 415 g/mol. The lowest BCUT2D eigenvalue weighted by molar-refractivity contribution is -0.660. The quantitative estimate of drug-likeness (QED) is 0.316. The van der Waals surface area contributed by atoms with E-state index in [0.29, 0.717) is 23.5 Å². The Kier molecular flexibility index (Phi) is 4.16. The summed E-state index contributed by atoms with van der Waals surface area (Å²) in [6.07, 6.45) is 8.20. The molecule has 0 saturated heterocycles. The van der Waals surface area contributed by atoms with Gasteiger partial charge in [0, 0.05) is 29.8 Å². The van der Waals surface area contributed by atoms with Gasteiger partial charge in [-0.25, -0.2) is 8.96 Å². The van der Waals surface area contributed by atoms with Gasteiger partial charge in [-0.15, -0.1) is 0 Å². The minimum absolute atomic E-state index is 0.299. The first-order valence-electron chi connectivity index (χ1n) is 12.1. The third-order valence-electron chi connectivity index (χ3n) is 7.77. The number of halogens is 1. The molecule has 2 saturated carbocycles. The number of benzene rings is 2. The van der Waals surface area contributed by atoms with Crippen molar-refractivity contribution >= 4 is 21.9 Å². The number of nitrogens with zero attached hydrogens (tertiary/aromatic N) is 1. The van der Waals surface area contributed by atoms with Gasteiger partial charge >= 0.3 is 0 Å². The van der Waals surface area contributed by atoms with Gasteiger partial charge < -0.3 is 4.42 Å². The molecule has 0 bridgehead atoms. The largest absolute Gasteiger partial charge is 0.455 e. The molecule has 3 unspecified atom stereocenters. The van der Waals surface area contributed by atoms with Crippen LogP contribution in [0.3, 0.4) is 0 Å². The van der Waals surface area contributed by atoms with Crippen molar-refractivity contribution in [3.63, 3.8) is 0 Å². The van der Waals surface area contributed by atoms with Gasteiger partial charge in [0.05, 0.1) is 5.56 Å². The number of fused-ring (bicyclic) bond motifs is 4. The second-order valence-corrected chi connectivity index (χ2v) is 9.53. The predicted octanol–water partition coefficient (Wildman–Crippen LogP) is 7.21. The third kappa shape index (κ3) is 2.93. The van der Waals surface area contributed by atoms with Crippen LogP contribution in [0.25, 0.3) is 33.2 Å². The molecular weight excluding hydrogens is 385 g/mol. The second-order valence-electron chi connectivity index (χ2n) is 9.53. The number of pyridine rings is 1. The summed E-state index contributed by atoms with van der Waals surface area (Å²) in [5, 5.41) is 1.90. The number of hydrogen-bond donors (Lipinski definition) is 0. The van der Waals surface area contributed by atoms with Crippen LogP contribution < -0.4 is 4.57 Å². The van der Waals surface area contributed by atoms with E-state index in [4.69, 9.17) is 4.42 Å². The Balaban J connectivity index is 1.61. The van der Waals surface area contributed by atoms with Gasteiger partial charge in [0.15, 0.2) is 6.20 Å². The van der Waals surface area contributed by atoms with E-state index in [2.05, 4.69) is 29.7 Å². The summed E-state index contributed by atoms with van der Waals surface area (Å²) in [7, 11) is 2.03. The molecule has 0 amide bonds. The molecule has 3 atom stereocenters. The minimum Gasteiger partial charge on any atom is -0.455 e. The average molecular weight is 416 g/mol. The van der Waals surface area contributed by atoms with Crippen molar-refractivity contribution in [3.05, 3.63) is 65.6 Å². The van der Waals surface area contributed by atoms with E-state index in [9.17, 15) is 1.37 Å². The Labute approximate surface area is 184 Å². The molecule has 4 aromatic rings. The van der Waals surface area contributed by atoms with Crippen LogP contribution in [0.4, 0.5) is 4.39 Å². The lowest BCUT2D eigenvalue weighted by Crippen LogP contribution is -2.30. The van der Waals surface area contributed by atoms with Crippen molar-refractivity contribution in [1.82, 2.24) is 0 Å². The maximum absolute atomic E-state index is 15.4. The standard InChI is InChI=1S/C28H29FNO/c1-17-9-12-21-22-13-14-23(29)26(20-11-10-18-6-5-7-19(18)16-20)28(22)31-27(21)25(17)24-8-3-4-15-30(24)2/h3-4,8-9,12-15,18-20H,5-7,10-11,16H2,1-2H3/q+1/i20D. The van der Waals surface area contributed by atoms with Crippen molar-refractivity contribution in [3.8, 4) is 11.3 Å². The zero-order valence-corrected chi connectivity index (χ0v) is 18.2. The van der Waals surface area contributed by atoms with E-state index in [-0.39, 0.29) is 5.82 Å². The summed E-state index contributed by atoms with van der Waals surface area (Å²) < 4.78 is 33.4. The molecule has 2 nitrogen and oxygen atoms in total. The smallest absolute Gasteiger partial charge is 0.216 e. The summed E-state index contributed by atoms with van der Waals surface area (Å²) in [5.41, 5.74) is 5.03. The zero-order chi connectivity index (χ0) is 22.0. The first-order chi connectivity index (χ1) is 15.5. The molecule has 2 aromatic heterocycles. The van der Waals surface area contributed by atoms with E-state index in [1.807, 2.05) is 31.4 Å². The topological polar surface area (TPSA) is 17.0 Å².